The third kappa shape index (κ3) is 6.49. The molecule has 28 heavy (non-hydrogen) atoms. The molecule has 0 saturated carbocycles. The van der Waals surface area contributed by atoms with E-state index in [0.29, 0.717) is 13.0 Å². The molecule has 1 rings (SSSR count). The number of carbonyl (C=O) groups is 1. The summed E-state index contributed by atoms with van der Waals surface area (Å²) in [7, 11) is 1.62. The largest absolute Gasteiger partial charge is 0.497 e. The van der Waals surface area contributed by atoms with E-state index in [1.807, 2.05) is 52.0 Å². The van der Waals surface area contributed by atoms with Gasteiger partial charge in [-0.3, -0.25) is 4.79 Å². The van der Waals surface area contributed by atoms with Gasteiger partial charge in [0.1, 0.15) is 5.75 Å². The van der Waals surface area contributed by atoms with Gasteiger partial charge >= 0.3 is 5.97 Å². The van der Waals surface area contributed by atoms with Gasteiger partial charge in [0.05, 0.1) is 37.4 Å². The molecule has 1 aromatic rings. The van der Waals surface area contributed by atoms with Crippen molar-refractivity contribution in [3.8, 4) is 5.75 Å². The van der Waals surface area contributed by atoms with Crippen LogP contribution in [0.2, 0.25) is 0 Å². The number of methoxy groups -OCH3 is 1. The quantitative estimate of drug-likeness (QED) is 0.548. The number of hydrogen-bond acceptors (Lipinski definition) is 5. The number of hydrogen-bond donors (Lipinski definition) is 1. The molecule has 0 saturated heterocycles. The zero-order chi connectivity index (χ0) is 21.5. The summed E-state index contributed by atoms with van der Waals surface area (Å²) in [5, 5.41) is 10.4. The molecular weight excluding hydrogens is 356 g/mol. The molecule has 0 fully saturated rings. The van der Waals surface area contributed by atoms with Crippen LogP contribution in [0.3, 0.4) is 0 Å². The molecule has 1 unspecified atom stereocenters. The predicted molar refractivity (Wildman–Crippen MR) is 111 cm³/mol. The summed E-state index contributed by atoms with van der Waals surface area (Å²) >= 11 is 0. The van der Waals surface area contributed by atoms with Gasteiger partial charge in [-0.2, -0.15) is 0 Å². The number of benzene rings is 1. The normalized spacial score (nSPS) is 15.4. The van der Waals surface area contributed by atoms with Crippen LogP contribution in [0.15, 0.2) is 24.3 Å². The Labute approximate surface area is 170 Å². The van der Waals surface area contributed by atoms with Gasteiger partial charge in [-0.15, -0.1) is 0 Å². The topological polar surface area (TPSA) is 65.0 Å². The van der Waals surface area contributed by atoms with E-state index in [0.717, 1.165) is 11.3 Å². The number of esters is 1. The molecule has 3 atom stereocenters. The lowest BCUT2D eigenvalue weighted by molar-refractivity contribution is -0.171. The Morgan fingerprint density at radius 3 is 2.07 bits per heavy atom. The molecule has 5 nitrogen and oxygen atoms in total. The highest BCUT2D eigenvalue weighted by Gasteiger charge is 2.42. The van der Waals surface area contributed by atoms with Crippen LogP contribution >= 0.6 is 0 Å². The molecule has 0 aliphatic rings. The summed E-state index contributed by atoms with van der Waals surface area (Å²) in [5.41, 5.74) is -0.0101. The molecule has 0 amide bonds. The van der Waals surface area contributed by atoms with Crippen molar-refractivity contribution in [2.45, 2.75) is 73.2 Å². The minimum absolute atomic E-state index is 0.141. The number of rotatable bonds is 11. The first-order valence-electron chi connectivity index (χ1n) is 10.2. The predicted octanol–water partition coefficient (Wildman–Crippen LogP) is 4.77. The molecular formula is C23H38O5. The highest BCUT2D eigenvalue weighted by molar-refractivity contribution is 5.77. The Kier molecular flexibility index (Phi) is 9.45. The molecule has 0 radical (unpaired) electrons. The van der Waals surface area contributed by atoms with E-state index in [2.05, 4.69) is 13.8 Å². The van der Waals surface area contributed by atoms with E-state index in [9.17, 15) is 9.90 Å². The van der Waals surface area contributed by atoms with Gasteiger partial charge in [-0.05, 0) is 50.3 Å². The standard InChI is InChI=1S/C23H38O5/c1-9-27-22(25)23(6,7)21(17-10-12-18(26-8)13-11-17)28-20(16(4)5)14-19(24)15(2)3/h10-13,15-16,19-21,24H,9,14H2,1-8H3/t19-,20+,21?/m1/s1. The Balaban J connectivity index is 3.25. The van der Waals surface area contributed by atoms with Crippen LogP contribution in [0.4, 0.5) is 0 Å². The first-order valence-corrected chi connectivity index (χ1v) is 10.2. The van der Waals surface area contributed by atoms with Crippen LogP contribution in [0, 0.1) is 17.3 Å². The van der Waals surface area contributed by atoms with E-state index in [-0.39, 0.29) is 23.9 Å². The average molecular weight is 395 g/mol. The zero-order valence-electron chi connectivity index (χ0n) is 18.7. The third-order valence-corrected chi connectivity index (χ3v) is 5.17. The van der Waals surface area contributed by atoms with Gasteiger partial charge < -0.3 is 19.3 Å². The summed E-state index contributed by atoms with van der Waals surface area (Å²) in [6, 6.07) is 7.56. The first kappa shape index (κ1) is 24.4. The SMILES string of the molecule is CCOC(=O)C(C)(C)C(O[C@@H](C[C@@H](O)C(C)C)C(C)C)c1ccc(OC)cc1. The Hall–Kier alpha value is -1.59. The van der Waals surface area contributed by atoms with Gasteiger partial charge in [0.15, 0.2) is 0 Å². The first-order chi connectivity index (χ1) is 13.0. The van der Waals surface area contributed by atoms with Crippen LogP contribution < -0.4 is 4.74 Å². The number of carbonyl (C=O) groups excluding carboxylic acids is 1. The molecule has 160 valence electrons. The molecule has 0 spiro atoms. The lowest BCUT2D eigenvalue weighted by Crippen LogP contribution is -2.39. The minimum atomic E-state index is -0.888. The molecule has 1 aromatic carbocycles. The van der Waals surface area contributed by atoms with Crippen molar-refractivity contribution >= 4 is 5.97 Å². The maximum atomic E-state index is 12.7. The highest BCUT2D eigenvalue weighted by Crippen LogP contribution is 2.40. The average Bonchev–Trinajstić information content (AvgIpc) is 2.64. The second kappa shape index (κ2) is 10.8. The van der Waals surface area contributed by atoms with Gasteiger partial charge in [0.2, 0.25) is 0 Å². The van der Waals surface area contributed by atoms with Gasteiger partial charge in [-0.1, -0.05) is 39.8 Å². The second-order valence-electron chi connectivity index (χ2n) is 8.56. The smallest absolute Gasteiger partial charge is 0.314 e. The van der Waals surface area contributed by atoms with Crippen molar-refractivity contribution < 1.29 is 24.1 Å². The lowest BCUT2D eigenvalue weighted by Gasteiger charge is -2.37. The molecule has 1 N–H and O–H groups in total. The van der Waals surface area contributed by atoms with E-state index in [4.69, 9.17) is 14.2 Å². The van der Waals surface area contributed by atoms with E-state index >= 15 is 0 Å². The minimum Gasteiger partial charge on any atom is -0.497 e. The van der Waals surface area contributed by atoms with Crippen molar-refractivity contribution in [1.29, 1.82) is 0 Å². The van der Waals surface area contributed by atoms with Crippen LogP contribution in [0.1, 0.15) is 66.6 Å². The van der Waals surface area contributed by atoms with Crippen LogP contribution in [-0.4, -0.2) is 37.0 Å². The molecule has 0 bridgehead atoms. The van der Waals surface area contributed by atoms with E-state index in [1.54, 1.807) is 14.0 Å². The Morgan fingerprint density at radius 2 is 1.64 bits per heavy atom. The van der Waals surface area contributed by atoms with Crippen molar-refractivity contribution in [2.75, 3.05) is 13.7 Å². The fourth-order valence-corrected chi connectivity index (χ4v) is 3.04. The third-order valence-electron chi connectivity index (χ3n) is 5.17. The van der Waals surface area contributed by atoms with Crippen molar-refractivity contribution in [1.82, 2.24) is 0 Å². The maximum Gasteiger partial charge on any atom is 0.314 e. The molecule has 0 heterocycles. The lowest BCUT2D eigenvalue weighted by atomic mass is 9.81. The molecule has 0 aliphatic heterocycles. The van der Waals surface area contributed by atoms with Crippen molar-refractivity contribution in [3.05, 3.63) is 29.8 Å². The van der Waals surface area contributed by atoms with E-state index < -0.39 is 17.6 Å². The van der Waals surface area contributed by atoms with E-state index in [1.165, 1.54) is 0 Å². The highest BCUT2D eigenvalue weighted by atomic mass is 16.5. The van der Waals surface area contributed by atoms with Gasteiger partial charge in [0.25, 0.3) is 0 Å². The maximum absolute atomic E-state index is 12.7. The Morgan fingerprint density at radius 1 is 1.07 bits per heavy atom. The second-order valence-corrected chi connectivity index (χ2v) is 8.56. The molecule has 0 aromatic heterocycles. The van der Waals surface area contributed by atoms with Crippen LogP contribution in [0.25, 0.3) is 0 Å². The summed E-state index contributed by atoms with van der Waals surface area (Å²) in [5.74, 6) is 0.768. The van der Waals surface area contributed by atoms with Gasteiger partial charge in [-0.25, -0.2) is 0 Å². The number of aliphatic hydroxyl groups excluding tert-OH is 1. The fraction of sp³-hybridized carbons (Fsp3) is 0.696. The number of aliphatic hydroxyl groups is 1. The summed E-state index contributed by atoms with van der Waals surface area (Å²) < 4.78 is 17.1. The summed E-state index contributed by atoms with van der Waals surface area (Å²) in [6.45, 7) is 13.9. The fourth-order valence-electron chi connectivity index (χ4n) is 3.04. The van der Waals surface area contributed by atoms with Crippen molar-refractivity contribution in [3.63, 3.8) is 0 Å². The molecule has 5 heteroatoms. The van der Waals surface area contributed by atoms with Crippen LogP contribution in [-0.2, 0) is 14.3 Å². The summed E-state index contributed by atoms with van der Waals surface area (Å²) in [6.07, 6.45) is -0.655. The van der Waals surface area contributed by atoms with Crippen molar-refractivity contribution in [2.24, 2.45) is 17.3 Å². The monoisotopic (exact) mass is 394 g/mol. The molecule has 0 aliphatic carbocycles. The Bertz CT molecular complexity index is 592. The zero-order valence-corrected chi connectivity index (χ0v) is 18.7. The van der Waals surface area contributed by atoms with Crippen LogP contribution in [0.5, 0.6) is 5.75 Å². The number of ether oxygens (including phenoxy) is 3. The summed E-state index contributed by atoms with van der Waals surface area (Å²) in [4.78, 5) is 12.7. The van der Waals surface area contributed by atoms with Gasteiger partial charge in [0, 0.05) is 6.42 Å².